The van der Waals surface area contributed by atoms with E-state index < -0.39 is 17.4 Å². The van der Waals surface area contributed by atoms with Gasteiger partial charge in [-0.05, 0) is 30.3 Å². The average molecular weight is 362 g/mol. The monoisotopic (exact) mass is 361 g/mol. The van der Waals surface area contributed by atoms with Crippen molar-refractivity contribution in [3.8, 4) is 11.1 Å². The fraction of sp³-hybridized carbons (Fsp3) is 0.111. The molecule has 1 heterocycles. The summed E-state index contributed by atoms with van der Waals surface area (Å²) in [5.74, 6) is -1.45. The van der Waals surface area contributed by atoms with Gasteiger partial charge in [-0.2, -0.15) is 0 Å². The van der Waals surface area contributed by atoms with Crippen molar-refractivity contribution in [2.45, 2.75) is 0 Å². The number of fused-ring (bicyclic) bond motifs is 1. The van der Waals surface area contributed by atoms with Crippen molar-refractivity contribution in [3.05, 3.63) is 63.7 Å². The molecule has 5 nitrogen and oxygen atoms in total. The Hall–Kier alpha value is -2.86. The predicted molar refractivity (Wildman–Crippen MR) is 93.8 cm³/mol. The summed E-state index contributed by atoms with van der Waals surface area (Å²) in [6, 6.07) is 10.2. The Morgan fingerprint density at radius 2 is 1.96 bits per heavy atom. The topological polar surface area (TPSA) is 70.8 Å². The summed E-state index contributed by atoms with van der Waals surface area (Å²) in [6.45, 7) is -0.195. The molecule has 3 aromatic rings. The molecule has 0 saturated carbocycles. The summed E-state index contributed by atoms with van der Waals surface area (Å²) in [5.41, 5.74) is 1.32. The van der Waals surface area contributed by atoms with Gasteiger partial charge in [0.05, 0.1) is 5.02 Å². The van der Waals surface area contributed by atoms with E-state index in [1.165, 1.54) is 29.2 Å². The number of carbonyl (C=O) groups is 1. The lowest BCUT2D eigenvalue weighted by molar-refractivity contribution is -0.135. The largest absolute Gasteiger partial charge is 0.480 e. The van der Waals surface area contributed by atoms with Crippen LogP contribution in [0, 0.1) is 5.82 Å². The minimum Gasteiger partial charge on any atom is -0.480 e. The molecule has 0 bridgehead atoms. The normalized spacial score (nSPS) is 10.8. The average Bonchev–Trinajstić information content (AvgIpc) is 2.53. The fourth-order valence-electron chi connectivity index (χ4n) is 2.61. The Morgan fingerprint density at radius 1 is 1.20 bits per heavy atom. The van der Waals surface area contributed by atoms with Crippen LogP contribution in [0.2, 0.25) is 5.02 Å². The minimum atomic E-state index is -0.976. The maximum absolute atomic E-state index is 13.3. The molecule has 0 atom stereocenters. The molecule has 1 N–H and O–H groups in total. The number of rotatable bonds is 4. The van der Waals surface area contributed by atoms with Crippen LogP contribution in [-0.2, 0) is 4.79 Å². The van der Waals surface area contributed by atoms with E-state index in [0.29, 0.717) is 22.2 Å². The third-order valence-electron chi connectivity index (χ3n) is 3.76. The quantitative estimate of drug-likeness (QED) is 0.716. The third-order valence-corrected chi connectivity index (χ3v) is 4.08. The van der Waals surface area contributed by atoms with E-state index in [0.717, 1.165) is 0 Å². The lowest BCUT2D eigenvalue weighted by Gasteiger charge is -2.17. The standard InChI is InChI=1S/C18H13ClFNO4/c1-21(9-17(22)23)11-3-5-13-14(8-18(24)25-16(13)7-11)12-4-2-10(20)6-15(12)19/h2-8H,9H2,1H3,(H,22,23). The SMILES string of the molecule is CN(CC(=O)O)c1ccc2c(-c3ccc(F)cc3Cl)cc(=O)oc2c1. The number of likely N-dealkylation sites (N-methyl/N-ethyl adjacent to an activating group) is 1. The van der Waals surface area contributed by atoms with Crippen molar-refractivity contribution in [2.24, 2.45) is 0 Å². The Morgan fingerprint density at radius 3 is 2.64 bits per heavy atom. The summed E-state index contributed by atoms with van der Waals surface area (Å²) in [4.78, 5) is 24.3. The molecule has 0 aliphatic carbocycles. The van der Waals surface area contributed by atoms with Gasteiger partial charge in [-0.15, -0.1) is 0 Å². The highest BCUT2D eigenvalue weighted by molar-refractivity contribution is 6.33. The Labute approximate surface area is 146 Å². The van der Waals surface area contributed by atoms with E-state index in [-0.39, 0.29) is 17.2 Å². The highest BCUT2D eigenvalue weighted by Gasteiger charge is 2.14. The first-order valence-electron chi connectivity index (χ1n) is 7.31. The van der Waals surface area contributed by atoms with Gasteiger partial charge in [-0.25, -0.2) is 9.18 Å². The molecule has 0 aliphatic heterocycles. The molecule has 0 amide bonds. The van der Waals surface area contributed by atoms with Crippen molar-refractivity contribution in [3.63, 3.8) is 0 Å². The van der Waals surface area contributed by atoms with Gasteiger partial charge >= 0.3 is 11.6 Å². The second kappa shape index (κ2) is 6.57. The Kier molecular flexibility index (Phi) is 4.46. The second-order valence-electron chi connectivity index (χ2n) is 5.53. The number of aliphatic carboxylic acids is 1. The third kappa shape index (κ3) is 3.49. The molecule has 0 radical (unpaired) electrons. The number of carboxylic acid groups (broad SMARTS) is 1. The van der Waals surface area contributed by atoms with E-state index in [1.807, 2.05) is 0 Å². The van der Waals surface area contributed by atoms with Gasteiger partial charge in [0, 0.05) is 41.4 Å². The van der Waals surface area contributed by atoms with Crippen molar-refractivity contribution in [2.75, 3.05) is 18.5 Å². The van der Waals surface area contributed by atoms with Gasteiger partial charge in [0.2, 0.25) is 0 Å². The van der Waals surface area contributed by atoms with Crippen LogP contribution in [0.15, 0.2) is 51.7 Å². The lowest BCUT2D eigenvalue weighted by Crippen LogP contribution is -2.24. The first-order chi connectivity index (χ1) is 11.8. The van der Waals surface area contributed by atoms with Crippen molar-refractivity contribution in [1.82, 2.24) is 0 Å². The number of carboxylic acids is 1. The van der Waals surface area contributed by atoms with Gasteiger partial charge in [0.25, 0.3) is 0 Å². The summed E-state index contributed by atoms with van der Waals surface area (Å²) in [6.07, 6.45) is 0. The summed E-state index contributed by atoms with van der Waals surface area (Å²) >= 11 is 6.11. The van der Waals surface area contributed by atoms with Gasteiger partial charge < -0.3 is 14.4 Å². The van der Waals surface area contributed by atoms with Crippen LogP contribution in [0.5, 0.6) is 0 Å². The van der Waals surface area contributed by atoms with Gasteiger partial charge in [-0.3, -0.25) is 4.79 Å². The number of nitrogens with zero attached hydrogens (tertiary/aromatic N) is 1. The molecule has 0 aliphatic rings. The molecular formula is C18H13ClFNO4. The molecule has 25 heavy (non-hydrogen) atoms. The minimum absolute atomic E-state index is 0.180. The summed E-state index contributed by atoms with van der Waals surface area (Å²) in [7, 11) is 1.62. The van der Waals surface area contributed by atoms with Crippen molar-refractivity contribution < 1.29 is 18.7 Å². The maximum atomic E-state index is 13.3. The van der Waals surface area contributed by atoms with Gasteiger partial charge in [0.15, 0.2) is 0 Å². The van der Waals surface area contributed by atoms with Crippen LogP contribution in [0.4, 0.5) is 10.1 Å². The highest BCUT2D eigenvalue weighted by atomic mass is 35.5. The van der Waals surface area contributed by atoms with Crippen LogP contribution in [-0.4, -0.2) is 24.7 Å². The smallest absolute Gasteiger partial charge is 0.336 e. The van der Waals surface area contributed by atoms with Gasteiger partial charge in [0.1, 0.15) is 17.9 Å². The summed E-state index contributed by atoms with van der Waals surface area (Å²) in [5, 5.41) is 9.68. The number of benzene rings is 2. The van der Waals surface area contributed by atoms with E-state index in [9.17, 15) is 14.0 Å². The lowest BCUT2D eigenvalue weighted by atomic mass is 10.0. The van der Waals surface area contributed by atoms with Crippen LogP contribution < -0.4 is 10.5 Å². The second-order valence-corrected chi connectivity index (χ2v) is 5.94. The number of hydrogen-bond donors (Lipinski definition) is 1. The molecule has 128 valence electrons. The van der Waals surface area contributed by atoms with Crippen LogP contribution in [0.25, 0.3) is 22.1 Å². The number of anilines is 1. The maximum Gasteiger partial charge on any atom is 0.336 e. The molecule has 7 heteroatoms. The van der Waals surface area contributed by atoms with Crippen LogP contribution >= 0.6 is 11.6 Å². The number of hydrogen-bond acceptors (Lipinski definition) is 4. The van der Waals surface area contributed by atoms with E-state index in [1.54, 1.807) is 25.2 Å². The molecular weight excluding hydrogens is 349 g/mol. The molecule has 0 unspecified atom stereocenters. The molecule has 3 rings (SSSR count). The summed E-state index contributed by atoms with van der Waals surface area (Å²) < 4.78 is 18.5. The Balaban J connectivity index is 2.18. The van der Waals surface area contributed by atoms with E-state index in [2.05, 4.69) is 0 Å². The van der Waals surface area contributed by atoms with E-state index in [4.69, 9.17) is 21.1 Å². The van der Waals surface area contributed by atoms with E-state index >= 15 is 0 Å². The first-order valence-corrected chi connectivity index (χ1v) is 7.69. The molecule has 2 aromatic carbocycles. The molecule has 0 fully saturated rings. The zero-order valence-corrected chi connectivity index (χ0v) is 13.9. The highest BCUT2D eigenvalue weighted by Crippen LogP contribution is 2.34. The van der Waals surface area contributed by atoms with Crippen molar-refractivity contribution in [1.29, 1.82) is 0 Å². The molecule has 0 spiro atoms. The molecule has 1 aromatic heterocycles. The van der Waals surface area contributed by atoms with Crippen LogP contribution in [0.3, 0.4) is 0 Å². The first kappa shape index (κ1) is 17.0. The van der Waals surface area contributed by atoms with Crippen molar-refractivity contribution >= 4 is 34.2 Å². The fourth-order valence-corrected chi connectivity index (χ4v) is 2.88. The van der Waals surface area contributed by atoms with Crippen LogP contribution in [0.1, 0.15) is 0 Å². The molecule has 0 saturated heterocycles. The zero-order chi connectivity index (χ0) is 18.1. The van der Waals surface area contributed by atoms with Gasteiger partial charge in [-0.1, -0.05) is 11.6 Å². The predicted octanol–water partition coefficient (Wildman–Crippen LogP) is 3.77. The Bertz CT molecular complexity index is 1030. The number of halogens is 2. The zero-order valence-electron chi connectivity index (χ0n) is 13.1.